The van der Waals surface area contributed by atoms with E-state index in [0.717, 1.165) is 0 Å². The fraction of sp³-hybridized carbons (Fsp3) is 0.480. The Morgan fingerprint density at radius 1 is 1.03 bits per heavy atom. The molecule has 1 unspecified atom stereocenters. The van der Waals surface area contributed by atoms with E-state index in [0.29, 0.717) is 30.5 Å². The number of aliphatic hydroxyl groups is 1. The Morgan fingerprint density at radius 3 is 2.11 bits per heavy atom. The van der Waals surface area contributed by atoms with E-state index < -0.39 is 71.4 Å². The quantitative estimate of drug-likeness (QED) is 0.507. The predicted octanol–water partition coefficient (Wildman–Crippen LogP) is 5.58. The summed E-state index contributed by atoms with van der Waals surface area (Å²) < 4.78 is 98.9. The van der Waals surface area contributed by atoms with Gasteiger partial charge >= 0.3 is 12.4 Å². The highest BCUT2D eigenvalue weighted by atomic mass is 19.4. The van der Waals surface area contributed by atoms with Crippen LogP contribution in [0.25, 0.3) is 0 Å². The maximum atomic E-state index is 13.6. The molecule has 1 amide bonds. The zero-order valence-electron chi connectivity index (χ0n) is 19.1. The summed E-state index contributed by atoms with van der Waals surface area (Å²) in [5.41, 5.74) is -3.15. The van der Waals surface area contributed by atoms with Gasteiger partial charge in [0.25, 0.3) is 0 Å². The van der Waals surface area contributed by atoms with Gasteiger partial charge in [0.15, 0.2) is 0 Å². The van der Waals surface area contributed by atoms with Gasteiger partial charge in [-0.2, -0.15) is 26.3 Å². The number of hydrogen-bond acceptors (Lipinski definition) is 3. The number of benzene rings is 2. The maximum Gasteiger partial charge on any atom is 0.416 e. The minimum atomic E-state index is -4.97. The molecule has 1 saturated heterocycles. The van der Waals surface area contributed by atoms with E-state index in [1.54, 1.807) is 12.1 Å². The smallest absolute Gasteiger partial charge is 0.383 e. The minimum absolute atomic E-state index is 0.0611. The Kier molecular flexibility index (Phi) is 6.85. The molecule has 1 aliphatic carbocycles. The lowest BCUT2D eigenvalue weighted by atomic mass is 9.69. The largest absolute Gasteiger partial charge is 0.416 e. The summed E-state index contributed by atoms with van der Waals surface area (Å²) in [6.45, 7) is 1.37. The topological polar surface area (TPSA) is 58.6 Å². The van der Waals surface area contributed by atoms with E-state index in [2.05, 4.69) is 5.32 Å². The number of halogens is 7. The predicted molar refractivity (Wildman–Crippen MR) is 114 cm³/mol. The number of aliphatic hydroxyl groups excluding tert-OH is 1. The van der Waals surface area contributed by atoms with Crippen molar-refractivity contribution >= 4 is 5.91 Å². The van der Waals surface area contributed by atoms with Crippen molar-refractivity contribution in [2.45, 2.75) is 69.3 Å². The first-order valence-corrected chi connectivity index (χ1v) is 11.3. The Hall–Kier alpha value is -2.66. The molecule has 0 spiro atoms. The standard InChI is InChI=1S/C25H24F7NO3/c1-23(20-11-18(34)22(35)33-20)7-6-19(21(23)14-2-4-17(26)5-3-14)36-12-13-8-15(24(27,28)29)10-16(9-13)25(30,31)32/h2-5,8-10,18-21,34H,6-7,11-12H2,1H3,(H,33,35)/t18-,19-,20?,21+,23-/m0/s1. The second kappa shape index (κ2) is 9.33. The molecular formula is C25H24F7NO3. The summed E-state index contributed by atoms with van der Waals surface area (Å²) in [6, 6.07) is 6.44. The van der Waals surface area contributed by atoms with Crippen LogP contribution < -0.4 is 5.32 Å². The van der Waals surface area contributed by atoms with E-state index in [-0.39, 0.29) is 18.1 Å². The fourth-order valence-corrected chi connectivity index (χ4v) is 5.43. The molecule has 2 N–H and O–H groups in total. The third-order valence-electron chi connectivity index (χ3n) is 7.26. The molecule has 4 rings (SSSR count). The summed E-state index contributed by atoms with van der Waals surface area (Å²) in [5.74, 6) is -1.47. The van der Waals surface area contributed by atoms with E-state index in [1.807, 2.05) is 6.92 Å². The van der Waals surface area contributed by atoms with Gasteiger partial charge in [-0.25, -0.2) is 4.39 Å². The molecule has 4 nitrogen and oxygen atoms in total. The maximum absolute atomic E-state index is 13.6. The molecule has 5 atom stereocenters. The van der Waals surface area contributed by atoms with E-state index in [9.17, 15) is 40.6 Å². The Morgan fingerprint density at radius 2 is 1.61 bits per heavy atom. The average molecular weight is 519 g/mol. The second-order valence-corrected chi connectivity index (χ2v) is 9.65. The molecule has 0 bridgehead atoms. The van der Waals surface area contributed by atoms with Crippen molar-refractivity contribution in [3.05, 3.63) is 70.5 Å². The van der Waals surface area contributed by atoms with Gasteiger partial charge < -0.3 is 15.2 Å². The van der Waals surface area contributed by atoms with Crippen molar-refractivity contribution in [2.24, 2.45) is 5.41 Å². The van der Waals surface area contributed by atoms with Crippen LogP contribution in [-0.2, 0) is 28.5 Å². The zero-order chi connectivity index (χ0) is 26.5. The lowest BCUT2D eigenvalue weighted by Gasteiger charge is -2.39. The summed E-state index contributed by atoms with van der Waals surface area (Å²) in [5, 5.41) is 12.7. The first-order chi connectivity index (χ1) is 16.7. The summed E-state index contributed by atoms with van der Waals surface area (Å²) in [4.78, 5) is 12.0. The first-order valence-electron chi connectivity index (χ1n) is 11.3. The molecule has 196 valence electrons. The molecule has 0 radical (unpaired) electrons. The molecule has 2 aromatic rings. The molecule has 0 aromatic heterocycles. The number of hydrogen-bond donors (Lipinski definition) is 2. The second-order valence-electron chi connectivity index (χ2n) is 9.65. The van der Waals surface area contributed by atoms with Crippen molar-refractivity contribution in [3.8, 4) is 0 Å². The van der Waals surface area contributed by atoms with Gasteiger partial charge in [0.05, 0.1) is 23.8 Å². The van der Waals surface area contributed by atoms with Crippen molar-refractivity contribution < 1.29 is 45.4 Å². The average Bonchev–Trinajstić information content (AvgIpc) is 3.31. The van der Waals surface area contributed by atoms with Crippen LogP contribution in [0.15, 0.2) is 42.5 Å². The molecule has 2 aliphatic rings. The Bertz CT molecular complexity index is 1080. The Balaban J connectivity index is 1.64. The molecule has 1 aliphatic heterocycles. The van der Waals surface area contributed by atoms with Crippen LogP contribution in [0.3, 0.4) is 0 Å². The van der Waals surface area contributed by atoms with Crippen LogP contribution in [0.4, 0.5) is 30.7 Å². The Labute approximate surface area is 202 Å². The van der Waals surface area contributed by atoms with Gasteiger partial charge in [0.1, 0.15) is 11.9 Å². The highest BCUT2D eigenvalue weighted by molar-refractivity contribution is 5.83. The van der Waals surface area contributed by atoms with Crippen LogP contribution in [0.5, 0.6) is 0 Å². The van der Waals surface area contributed by atoms with Gasteiger partial charge in [0, 0.05) is 18.4 Å². The monoisotopic (exact) mass is 519 g/mol. The van der Waals surface area contributed by atoms with E-state index >= 15 is 0 Å². The lowest BCUT2D eigenvalue weighted by molar-refractivity contribution is -0.143. The van der Waals surface area contributed by atoms with Crippen LogP contribution in [0.2, 0.25) is 0 Å². The molecular weight excluding hydrogens is 495 g/mol. The van der Waals surface area contributed by atoms with Gasteiger partial charge in [0.2, 0.25) is 5.91 Å². The summed E-state index contributed by atoms with van der Waals surface area (Å²) >= 11 is 0. The first kappa shape index (κ1) is 26.4. The van der Waals surface area contributed by atoms with E-state index in [4.69, 9.17) is 4.74 Å². The van der Waals surface area contributed by atoms with Gasteiger partial charge in [-0.1, -0.05) is 19.1 Å². The summed E-state index contributed by atoms with van der Waals surface area (Å²) in [7, 11) is 0. The van der Waals surface area contributed by atoms with Crippen LogP contribution in [0.1, 0.15) is 54.4 Å². The molecule has 2 fully saturated rings. The SMILES string of the molecule is C[C@@]1(C2C[C@H](O)C(=O)N2)CC[C@H](OCc2cc(C(F)(F)F)cc(C(F)(F)F)c2)[C@H]1c1ccc(F)cc1. The van der Waals surface area contributed by atoms with Crippen molar-refractivity contribution in [2.75, 3.05) is 0 Å². The fourth-order valence-electron chi connectivity index (χ4n) is 5.43. The van der Waals surface area contributed by atoms with E-state index in [1.165, 1.54) is 12.1 Å². The number of carbonyl (C=O) groups is 1. The number of nitrogens with one attached hydrogen (secondary N) is 1. The van der Waals surface area contributed by atoms with Crippen molar-refractivity contribution in [3.63, 3.8) is 0 Å². The number of ether oxygens (including phenoxy) is 1. The molecule has 1 heterocycles. The minimum Gasteiger partial charge on any atom is -0.383 e. The zero-order valence-corrected chi connectivity index (χ0v) is 19.1. The third kappa shape index (κ3) is 5.22. The van der Waals surface area contributed by atoms with Gasteiger partial charge in [-0.05, 0) is 59.7 Å². The van der Waals surface area contributed by atoms with Crippen LogP contribution >= 0.6 is 0 Å². The normalized spacial score (nSPS) is 29.0. The highest BCUT2D eigenvalue weighted by Crippen LogP contribution is 2.54. The lowest BCUT2D eigenvalue weighted by Crippen LogP contribution is -2.44. The van der Waals surface area contributed by atoms with Gasteiger partial charge in [-0.3, -0.25) is 4.79 Å². The summed E-state index contributed by atoms with van der Waals surface area (Å²) in [6.07, 6.45) is -10.7. The molecule has 11 heteroatoms. The number of alkyl halides is 6. The molecule has 36 heavy (non-hydrogen) atoms. The van der Waals surface area contributed by atoms with Crippen LogP contribution in [-0.4, -0.2) is 29.3 Å². The number of carbonyl (C=O) groups excluding carboxylic acids is 1. The highest BCUT2D eigenvalue weighted by Gasteiger charge is 2.54. The van der Waals surface area contributed by atoms with Crippen molar-refractivity contribution in [1.82, 2.24) is 5.32 Å². The number of rotatable bonds is 5. The van der Waals surface area contributed by atoms with Crippen LogP contribution in [0, 0.1) is 11.2 Å². The number of amides is 1. The molecule has 2 aromatic carbocycles. The molecule has 1 saturated carbocycles. The third-order valence-corrected chi connectivity index (χ3v) is 7.26. The van der Waals surface area contributed by atoms with Gasteiger partial charge in [-0.15, -0.1) is 0 Å². The van der Waals surface area contributed by atoms with Crippen molar-refractivity contribution in [1.29, 1.82) is 0 Å².